The van der Waals surface area contributed by atoms with E-state index in [1.165, 1.54) is 6.92 Å². The van der Waals surface area contributed by atoms with E-state index < -0.39 is 0 Å². The maximum Gasteiger partial charge on any atom is 0.217 e. The third-order valence-electron chi connectivity index (χ3n) is 0.724. The van der Waals surface area contributed by atoms with Crippen LogP contribution in [0.25, 0.3) is 0 Å². The maximum absolute atomic E-state index is 10.3. The molecule has 8 heavy (non-hydrogen) atoms. The van der Waals surface area contributed by atoms with Crippen molar-refractivity contribution >= 4 is 18.5 Å². The lowest BCUT2D eigenvalue weighted by Gasteiger charge is -2.06. The summed E-state index contributed by atoms with van der Waals surface area (Å²) in [5.74, 6) is 0.700. The van der Waals surface area contributed by atoms with Gasteiger partial charge in [0.15, 0.2) is 0 Å². The molecule has 0 unspecified atom stereocenters. The molecule has 0 aliphatic rings. The first kappa shape index (κ1) is 7.82. The van der Waals surface area contributed by atoms with E-state index in [9.17, 15) is 4.79 Å². The molecule has 0 aromatic heterocycles. The summed E-state index contributed by atoms with van der Waals surface area (Å²) in [6.45, 7) is 3.41. The Bertz CT molecular complexity index is 84.5. The fraction of sp³-hybridized carbons (Fsp3) is 0.800. The molecule has 0 rings (SSSR count). The molecule has 0 fully saturated rings. The van der Waals surface area contributed by atoms with Crippen LogP contribution in [0.2, 0.25) is 0 Å². The Labute approximate surface area is 55.1 Å². The highest BCUT2D eigenvalue weighted by Crippen LogP contribution is 1.83. The molecular formula is C5H11NOS. The summed E-state index contributed by atoms with van der Waals surface area (Å²) < 4.78 is 0. The number of amides is 1. The minimum atomic E-state index is 0.00606. The van der Waals surface area contributed by atoms with Crippen molar-refractivity contribution in [2.24, 2.45) is 0 Å². The van der Waals surface area contributed by atoms with Gasteiger partial charge in [0, 0.05) is 18.7 Å². The molecule has 3 heteroatoms. The molecule has 0 aliphatic carbocycles. The standard InChI is InChI=1S/C5H11NOS/c1-4(3-8)6-5(2)7/h4,8H,3H2,1-2H3,(H,6,7)/t4-/m1/s1. The molecule has 2 nitrogen and oxygen atoms in total. The number of nitrogens with one attached hydrogen (secondary N) is 1. The molecule has 0 aliphatic heterocycles. The first-order valence-electron chi connectivity index (χ1n) is 2.54. The zero-order valence-corrected chi connectivity index (χ0v) is 6.03. The molecule has 1 atom stereocenters. The summed E-state index contributed by atoms with van der Waals surface area (Å²) in [4.78, 5) is 10.3. The van der Waals surface area contributed by atoms with Gasteiger partial charge in [-0.2, -0.15) is 12.6 Å². The minimum absolute atomic E-state index is 0.00606. The van der Waals surface area contributed by atoms with Gasteiger partial charge in [-0.15, -0.1) is 0 Å². The molecule has 0 aromatic carbocycles. The van der Waals surface area contributed by atoms with Crippen LogP contribution in [0.1, 0.15) is 13.8 Å². The highest BCUT2D eigenvalue weighted by atomic mass is 32.1. The Balaban J connectivity index is 3.24. The summed E-state index contributed by atoms with van der Waals surface area (Å²) in [5, 5.41) is 2.68. The first-order chi connectivity index (χ1) is 3.66. The van der Waals surface area contributed by atoms with Crippen LogP contribution >= 0.6 is 12.6 Å². The lowest BCUT2D eigenvalue weighted by Crippen LogP contribution is -2.31. The zero-order chi connectivity index (χ0) is 6.57. The predicted molar refractivity (Wildman–Crippen MR) is 37.1 cm³/mol. The fourth-order valence-corrected chi connectivity index (χ4v) is 0.484. The molecule has 0 spiro atoms. The van der Waals surface area contributed by atoms with Gasteiger partial charge in [0.2, 0.25) is 5.91 Å². The van der Waals surface area contributed by atoms with E-state index in [4.69, 9.17) is 0 Å². The van der Waals surface area contributed by atoms with Gasteiger partial charge in [-0.05, 0) is 6.92 Å². The summed E-state index contributed by atoms with van der Waals surface area (Å²) in [7, 11) is 0. The molecule has 0 saturated carbocycles. The van der Waals surface area contributed by atoms with E-state index in [-0.39, 0.29) is 11.9 Å². The van der Waals surface area contributed by atoms with E-state index in [0.717, 1.165) is 0 Å². The van der Waals surface area contributed by atoms with Crippen LogP contribution in [0, 0.1) is 0 Å². The van der Waals surface area contributed by atoms with E-state index in [2.05, 4.69) is 17.9 Å². The van der Waals surface area contributed by atoms with Crippen LogP contribution in [-0.4, -0.2) is 17.7 Å². The van der Waals surface area contributed by atoms with Crippen LogP contribution in [0.3, 0.4) is 0 Å². The lowest BCUT2D eigenvalue weighted by atomic mass is 10.4. The van der Waals surface area contributed by atoms with E-state index in [1.54, 1.807) is 0 Å². The Hall–Kier alpha value is -0.180. The van der Waals surface area contributed by atoms with Gasteiger partial charge >= 0.3 is 0 Å². The van der Waals surface area contributed by atoms with E-state index in [1.807, 2.05) is 6.92 Å². The average Bonchev–Trinajstić information content (AvgIpc) is 1.65. The average molecular weight is 133 g/mol. The highest BCUT2D eigenvalue weighted by molar-refractivity contribution is 7.80. The summed E-state index contributed by atoms with van der Waals surface area (Å²) in [6, 6.07) is 0.191. The zero-order valence-electron chi connectivity index (χ0n) is 5.14. The topological polar surface area (TPSA) is 29.1 Å². The van der Waals surface area contributed by atoms with Gasteiger partial charge in [0.05, 0.1) is 0 Å². The number of carbonyl (C=O) groups excluding carboxylic acids is 1. The van der Waals surface area contributed by atoms with Gasteiger partial charge in [0.1, 0.15) is 0 Å². The van der Waals surface area contributed by atoms with Gasteiger partial charge < -0.3 is 5.32 Å². The third kappa shape index (κ3) is 3.99. The molecule has 48 valence electrons. The molecule has 0 bridgehead atoms. The number of carbonyl (C=O) groups is 1. The van der Waals surface area contributed by atoms with E-state index >= 15 is 0 Å². The van der Waals surface area contributed by atoms with Crippen LogP contribution in [0.15, 0.2) is 0 Å². The number of hydrogen-bond acceptors (Lipinski definition) is 2. The van der Waals surface area contributed by atoms with Crippen LogP contribution in [0.5, 0.6) is 0 Å². The quantitative estimate of drug-likeness (QED) is 0.526. The highest BCUT2D eigenvalue weighted by Gasteiger charge is 1.97. The maximum atomic E-state index is 10.3. The summed E-state index contributed by atoms with van der Waals surface area (Å²) in [5.41, 5.74) is 0. The lowest BCUT2D eigenvalue weighted by molar-refractivity contribution is -0.119. The van der Waals surface area contributed by atoms with Crippen molar-refractivity contribution in [2.45, 2.75) is 19.9 Å². The SMILES string of the molecule is CC(=O)N[C@H](C)CS. The Morgan fingerprint density at radius 3 is 2.50 bits per heavy atom. The molecule has 1 N–H and O–H groups in total. The first-order valence-corrected chi connectivity index (χ1v) is 3.18. The smallest absolute Gasteiger partial charge is 0.217 e. The second-order valence-corrected chi connectivity index (χ2v) is 2.15. The van der Waals surface area contributed by atoms with Gasteiger partial charge in [-0.25, -0.2) is 0 Å². The fourth-order valence-electron chi connectivity index (χ4n) is 0.393. The molecule has 0 aromatic rings. The van der Waals surface area contributed by atoms with Gasteiger partial charge in [-0.1, -0.05) is 0 Å². The molecule has 1 amide bonds. The van der Waals surface area contributed by atoms with Crippen molar-refractivity contribution in [1.29, 1.82) is 0 Å². The molecule has 0 saturated heterocycles. The summed E-state index contributed by atoms with van der Waals surface area (Å²) >= 11 is 3.98. The van der Waals surface area contributed by atoms with Crippen molar-refractivity contribution in [3.05, 3.63) is 0 Å². The van der Waals surface area contributed by atoms with Gasteiger partial charge in [0.25, 0.3) is 0 Å². The van der Waals surface area contributed by atoms with Gasteiger partial charge in [-0.3, -0.25) is 4.79 Å². The van der Waals surface area contributed by atoms with Crippen molar-refractivity contribution in [1.82, 2.24) is 5.32 Å². The molecular weight excluding hydrogens is 122 g/mol. The largest absolute Gasteiger partial charge is 0.353 e. The summed E-state index contributed by atoms with van der Waals surface area (Å²) in [6.07, 6.45) is 0. The van der Waals surface area contributed by atoms with Crippen LogP contribution < -0.4 is 5.32 Å². The van der Waals surface area contributed by atoms with Crippen LogP contribution in [0.4, 0.5) is 0 Å². The second kappa shape index (κ2) is 3.78. The van der Waals surface area contributed by atoms with E-state index in [0.29, 0.717) is 5.75 Å². The van der Waals surface area contributed by atoms with Crippen LogP contribution in [-0.2, 0) is 4.79 Å². The molecule has 0 radical (unpaired) electrons. The predicted octanol–water partition coefficient (Wildman–Crippen LogP) is 0.441. The monoisotopic (exact) mass is 133 g/mol. The number of hydrogen-bond donors (Lipinski definition) is 2. The normalized spacial score (nSPS) is 12.9. The number of thiol groups is 1. The third-order valence-corrected chi connectivity index (χ3v) is 1.27. The van der Waals surface area contributed by atoms with Crippen molar-refractivity contribution in [3.63, 3.8) is 0 Å². The van der Waals surface area contributed by atoms with Crippen molar-refractivity contribution < 1.29 is 4.79 Å². The van der Waals surface area contributed by atoms with Crippen molar-refractivity contribution in [2.75, 3.05) is 5.75 Å². The Morgan fingerprint density at radius 1 is 1.88 bits per heavy atom. The second-order valence-electron chi connectivity index (χ2n) is 1.78. The van der Waals surface area contributed by atoms with Crippen molar-refractivity contribution in [3.8, 4) is 0 Å². The number of rotatable bonds is 2. The Morgan fingerprint density at radius 2 is 2.38 bits per heavy atom. The Kier molecular flexibility index (Phi) is 3.69. The minimum Gasteiger partial charge on any atom is -0.353 e. The molecule has 0 heterocycles.